The van der Waals surface area contributed by atoms with E-state index in [2.05, 4.69) is 15.2 Å². The van der Waals surface area contributed by atoms with Crippen LogP contribution in [0.2, 0.25) is 0 Å². The lowest BCUT2D eigenvalue weighted by Crippen LogP contribution is -2.09. The molecule has 1 aliphatic rings. The van der Waals surface area contributed by atoms with Crippen molar-refractivity contribution in [2.24, 2.45) is 11.8 Å². The number of nitrogens with zero attached hydrogens (tertiary/aromatic N) is 4. The second-order valence-corrected chi connectivity index (χ2v) is 7.13. The predicted molar refractivity (Wildman–Crippen MR) is 103 cm³/mol. The molecule has 3 aromatic rings. The third-order valence-corrected chi connectivity index (χ3v) is 4.93. The molecule has 8 nitrogen and oxygen atoms in total. The summed E-state index contributed by atoms with van der Waals surface area (Å²) in [6.07, 6.45) is 2.70. The van der Waals surface area contributed by atoms with Crippen LogP contribution in [0.1, 0.15) is 22.3 Å². The van der Waals surface area contributed by atoms with Crippen molar-refractivity contribution in [3.8, 4) is 17.3 Å². The van der Waals surface area contributed by atoms with E-state index in [1.807, 2.05) is 29.7 Å². The maximum atomic E-state index is 11.4. The first kappa shape index (κ1) is 18.0. The van der Waals surface area contributed by atoms with Crippen LogP contribution in [0.5, 0.6) is 5.75 Å². The van der Waals surface area contributed by atoms with Gasteiger partial charge in [-0.1, -0.05) is 17.7 Å². The lowest BCUT2D eigenvalue weighted by molar-refractivity contribution is 0.0691. The van der Waals surface area contributed by atoms with Crippen LogP contribution in [0.15, 0.2) is 42.7 Å². The quantitative estimate of drug-likeness (QED) is 0.648. The van der Waals surface area contributed by atoms with Crippen molar-refractivity contribution in [1.82, 2.24) is 19.7 Å². The molecule has 28 heavy (non-hydrogen) atoms. The summed E-state index contributed by atoms with van der Waals surface area (Å²) in [5.41, 5.74) is 7.55. The Bertz CT molecular complexity index is 1020. The number of aromatic carboxylic acids is 1. The number of carboxylic acids is 1. The number of hydrogen-bond acceptors (Lipinski definition) is 6. The molecule has 0 amide bonds. The molecule has 8 heteroatoms. The van der Waals surface area contributed by atoms with Gasteiger partial charge in [0.25, 0.3) is 0 Å². The maximum absolute atomic E-state index is 11.4. The third kappa shape index (κ3) is 3.80. The summed E-state index contributed by atoms with van der Waals surface area (Å²) in [4.78, 5) is 15.7. The van der Waals surface area contributed by atoms with E-state index in [0.29, 0.717) is 41.5 Å². The van der Waals surface area contributed by atoms with Crippen molar-refractivity contribution in [1.29, 1.82) is 0 Å². The molecule has 1 fully saturated rings. The molecule has 0 radical (unpaired) electrons. The molecule has 1 saturated carbocycles. The van der Waals surface area contributed by atoms with Gasteiger partial charge >= 0.3 is 5.97 Å². The summed E-state index contributed by atoms with van der Waals surface area (Å²) in [5.74, 6) is 1.36. The average molecular weight is 379 g/mol. The van der Waals surface area contributed by atoms with Crippen molar-refractivity contribution >= 4 is 11.8 Å². The molecular formula is C20H21N5O3. The predicted octanol–water partition coefficient (Wildman–Crippen LogP) is 2.64. The standard InChI is InChI=1S/C20H21N5O3/c1-12-5-6-17(15(7-12)20(26)27)28-10-14-8-13(14)9-25-11-22-24-19(25)16-3-2-4-18(21)23-16/h2-7,11,13-14H,8-10H2,1H3,(H2,21,23)(H,26,27). The molecule has 144 valence electrons. The highest BCUT2D eigenvalue weighted by Gasteiger charge is 2.38. The second-order valence-electron chi connectivity index (χ2n) is 7.13. The topological polar surface area (TPSA) is 116 Å². The van der Waals surface area contributed by atoms with Gasteiger partial charge in [-0.05, 0) is 49.4 Å². The minimum Gasteiger partial charge on any atom is -0.492 e. The van der Waals surface area contributed by atoms with Gasteiger partial charge < -0.3 is 20.1 Å². The number of rotatable bonds is 7. The summed E-state index contributed by atoms with van der Waals surface area (Å²) >= 11 is 0. The van der Waals surface area contributed by atoms with Crippen molar-refractivity contribution < 1.29 is 14.6 Å². The van der Waals surface area contributed by atoms with Gasteiger partial charge in [0.15, 0.2) is 5.82 Å². The third-order valence-electron chi connectivity index (χ3n) is 4.93. The Morgan fingerprint density at radius 2 is 2.18 bits per heavy atom. The molecule has 4 rings (SSSR count). The number of carboxylic acid groups (broad SMARTS) is 1. The number of carbonyl (C=O) groups is 1. The zero-order chi connectivity index (χ0) is 19.7. The minimum absolute atomic E-state index is 0.200. The Morgan fingerprint density at radius 1 is 1.32 bits per heavy atom. The number of aryl methyl sites for hydroxylation is 1. The molecule has 2 heterocycles. The van der Waals surface area contributed by atoms with E-state index in [1.54, 1.807) is 24.5 Å². The number of hydrogen-bond donors (Lipinski definition) is 2. The van der Waals surface area contributed by atoms with Gasteiger partial charge in [0.2, 0.25) is 0 Å². The Kier molecular flexibility index (Phi) is 4.68. The normalized spacial score (nSPS) is 18.0. The van der Waals surface area contributed by atoms with E-state index in [-0.39, 0.29) is 5.56 Å². The van der Waals surface area contributed by atoms with E-state index in [9.17, 15) is 9.90 Å². The molecule has 3 N–H and O–H groups in total. The van der Waals surface area contributed by atoms with Crippen LogP contribution in [0.25, 0.3) is 11.5 Å². The first-order valence-electron chi connectivity index (χ1n) is 9.08. The molecule has 0 spiro atoms. The number of nitrogens with two attached hydrogens (primary N) is 1. The first-order valence-corrected chi connectivity index (χ1v) is 9.08. The van der Waals surface area contributed by atoms with Gasteiger partial charge in [0.1, 0.15) is 29.2 Å². The highest BCUT2D eigenvalue weighted by atomic mass is 16.5. The fourth-order valence-corrected chi connectivity index (χ4v) is 3.29. The van der Waals surface area contributed by atoms with E-state index >= 15 is 0 Å². The molecule has 1 aliphatic carbocycles. The molecule has 0 aliphatic heterocycles. The molecule has 0 bridgehead atoms. The van der Waals surface area contributed by atoms with Crippen molar-refractivity contribution in [3.63, 3.8) is 0 Å². The maximum Gasteiger partial charge on any atom is 0.339 e. The molecular weight excluding hydrogens is 358 g/mol. The number of pyridine rings is 1. The van der Waals surface area contributed by atoms with Crippen molar-refractivity contribution in [2.75, 3.05) is 12.3 Å². The Morgan fingerprint density at radius 3 is 2.96 bits per heavy atom. The summed E-state index contributed by atoms with van der Waals surface area (Å²) in [6.45, 7) is 3.10. The Hall–Kier alpha value is -3.42. The number of ether oxygens (including phenoxy) is 1. The van der Waals surface area contributed by atoms with Gasteiger partial charge in [-0.3, -0.25) is 0 Å². The highest BCUT2D eigenvalue weighted by molar-refractivity contribution is 5.91. The average Bonchev–Trinajstić information content (AvgIpc) is 3.23. The van der Waals surface area contributed by atoms with E-state index in [0.717, 1.165) is 18.5 Å². The van der Waals surface area contributed by atoms with Gasteiger partial charge in [0, 0.05) is 6.54 Å². The smallest absolute Gasteiger partial charge is 0.339 e. The summed E-state index contributed by atoms with van der Waals surface area (Å²) in [7, 11) is 0. The van der Waals surface area contributed by atoms with Gasteiger partial charge in [0.05, 0.1) is 6.61 Å². The van der Waals surface area contributed by atoms with Crippen LogP contribution in [0.4, 0.5) is 5.82 Å². The van der Waals surface area contributed by atoms with Crippen LogP contribution < -0.4 is 10.5 Å². The zero-order valence-corrected chi connectivity index (χ0v) is 15.4. The molecule has 2 unspecified atom stereocenters. The van der Waals surface area contributed by atoms with Crippen molar-refractivity contribution in [3.05, 3.63) is 53.9 Å². The summed E-state index contributed by atoms with van der Waals surface area (Å²) in [6, 6.07) is 10.6. The van der Waals surface area contributed by atoms with E-state index in [1.165, 1.54) is 0 Å². The fourth-order valence-electron chi connectivity index (χ4n) is 3.29. The SMILES string of the molecule is Cc1ccc(OCC2CC2Cn2cnnc2-c2cccc(N)n2)c(C(=O)O)c1. The summed E-state index contributed by atoms with van der Waals surface area (Å²) in [5, 5.41) is 17.5. The molecule has 1 aromatic carbocycles. The van der Waals surface area contributed by atoms with Crippen LogP contribution in [-0.2, 0) is 6.54 Å². The first-order chi connectivity index (χ1) is 13.5. The van der Waals surface area contributed by atoms with Crippen LogP contribution in [-0.4, -0.2) is 37.4 Å². The van der Waals surface area contributed by atoms with Gasteiger partial charge in [-0.25, -0.2) is 9.78 Å². The lowest BCUT2D eigenvalue weighted by Gasteiger charge is -2.10. The Labute approximate surface area is 162 Å². The molecule has 2 aromatic heterocycles. The van der Waals surface area contributed by atoms with Crippen LogP contribution >= 0.6 is 0 Å². The van der Waals surface area contributed by atoms with Gasteiger partial charge in [-0.2, -0.15) is 0 Å². The second kappa shape index (κ2) is 7.30. The highest BCUT2D eigenvalue weighted by Crippen LogP contribution is 2.41. The van der Waals surface area contributed by atoms with Crippen LogP contribution in [0, 0.1) is 18.8 Å². The fraction of sp³-hybridized carbons (Fsp3) is 0.300. The van der Waals surface area contributed by atoms with Crippen LogP contribution in [0.3, 0.4) is 0 Å². The zero-order valence-electron chi connectivity index (χ0n) is 15.4. The lowest BCUT2D eigenvalue weighted by atomic mass is 10.1. The number of nitrogen functional groups attached to an aromatic ring is 1. The van der Waals surface area contributed by atoms with E-state index in [4.69, 9.17) is 10.5 Å². The molecule has 0 saturated heterocycles. The number of benzene rings is 1. The van der Waals surface area contributed by atoms with Gasteiger partial charge in [-0.15, -0.1) is 10.2 Å². The summed E-state index contributed by atoms with van der Waals surface area (Å²) < 4.78 is 7.78. The minimum atomic E-state index is -0.977. The van der Waals surface area contributed by atoms with Crippen molar-refractivity contribution in [2.45, 2.75) is 19.9 Å². The number of aromatic nitrogens is 4. The number of anilines is 1. The largest absolute Gasteiger partial charge is 0.492 e. The molecule has 2 atom stereocenters. The monoisotopic (exact) mass is 379 g/mol. The van der Waals surface area contributed by atoms with E-state index < -0.39 is 5.97 Å². The Balaban J connectivity index is 1.38.